The summed E-state index contributed by atoms with van der Waals surface area (Å²) in [5, 5.41) is 3.41. The van der Waals surface area contributed by atoms with Gasteiger partial charge in [0.2, 0.25) is 0 Å². The van der Waals surface area contributed by atoms with Crippen LogP contribution in [0.5, 0.6) is 0 Å². The van der Waals surface area contributed by atoms with Gasteiger partial charge in [-0.05, 0) is 50.9 Å². The van der Waals surface area contributed by atoms with E-state index in [1.165, 1.54) is 11.0 Å². The van der Waals surface area contributed by atoms with Gasteiger partial charge in [-0.2, -0.15) is 0 Å². The topological polar surface area (TPSA) is 111 Å². The molecule has 168 valence electrons. The van der Waals surface area contributed by atoms with E-state index in [9.17, 15) is 14.0 Å². The SMILES string of the molecule is CN(c1ccc(N2CC(CN=[N+]=[N-])OC2=O)cc1F)C1CCN(C(=O)OC(C)(C)C)C1. The maximum Gasteiger partial charge on any atom is 0.414 e. The second kappa shape index (κ2) is 8.89. The number of halogens is 1. The Morgan fingerprint density at radius 3 is 2.81 bits per heavy atom. The second-order valence-corrected chi connectivity index (χ2v) is 8.65. The molecule has 2 heterocycles. The lowest BCUT2D eigenvalue weighted by Gasteiger charge is -2.28. The van der Waals surface area contributed by atoms with E-state index in [1.807, 2.05) is 20.8 Å². The van der Waals surface area contributed by atoms with Crippen LogP contribution in [-0.2, 0) is 9.47 Å². The van der Waals surface area contributed by atoms with Gasteiger partial charge in [-0.1, -0.05) is 5.11 Å². The molecule has 0 N–H and O–H groups in total. The summed E-state index contributed by atoms with van der Waals surface area (Å²) in [5.41, 5.74) is 8.57. The molecule has 0 spiro atoms. The van der Waals surface area contributed by atoms with Gasteiger partial charge in [0, 0.05) is 31.1 Å². The Morgan fingerprint density at radius 2 is 2.16 bits per heavy atom. The molecular weight excluding hydrogens is 407 g/mol. The number of likely N-dealkylation sites (N-methyl/N-ethyl adjacent to an activating group) is 1. The Hall–Kier alpha value is -3.20. The first kappa shape index (κ1) is 22.5. The molecule has 2 aliphatic rings. The number of hydrogen-bond acceptors (Lipinski definition) is 6. The van der Waals surface area contributed by atoms with Crippen LogP contribution in [0, 0.1) is 5.82 Å². The number of anilines is 2. The van der Waals surface area contributed by atoms with E-state index in [0.717, 1.165) is 0 Å². The van der Waals surface area contributed by atoms with Crippen LogP contribution >= 0.6 is 0 Å². The number of hydrogen-bond donors (Lipinski definition) is 0. The summed E-state index contributed by atoms with van der Waals surface area (Å²) in [6.07, 6.45) is -0.855. The van der Waals surface area contributed by atoms with E-state index >= 15 is 0 Å². The molecular formula is C20H27FN6O4. The van der Waals surface area contributed by atoms with Crippen LogP contribution in [0.15, 0.2) is 23.3 Å². The summed E-state index contributed by atoms with van der Waals surface area (Å²) in [6, 6.07) is 4.48. The van der Waals surface area contributed by atoms with Gasteiger partial charge in [-0.25, -0.2) is 14.0 Å². The van der Waals surface area contributed by atoms with Gasteiger partial charge in [0.15, 0.2) is 0 Å². The van der Waals surface area contributed by atoms with Crippen LogP contribution in [0.3, 0.4) is 0 Å². The Morgan fingerprint density at radius 1 is 1.42 bits per heavy atom. The Labute approximate surface area is 180 Å². The molecule has 11 heteroatoms. The van der Waals surface area contributed by atoms with Crippen molar-refractivity contribution in [1.82, 2.24) is 4.90 Å². The van der Waals surface area contributed by atoms with Crippen molar-refractivity contribution < 1.29 is 23.5 Å². The highest BCUT2D eigenvalue weighted by Crippen LogP contribution is 2.30. The minimum Gasteiger partial charge on any atom is -0.444 e. The van der Waals surface area contributed by atoms with Crippen LogP contribution in [0.1, 0.15) is 27.2 Å². The second-order valence-electron chi connectivity index (χ2n) is 8.65. The van der Waals surface area contributed by atoms with Crippen molar-refractivity contribution in [2.24, 2.45) is 5.11 Å². The minimum absolute atomic E-state index is 0.0257. The Balaban J connectivity index is 1.66. The van der Waals surface area contributed by atoms with E-state index in [0.29, 0.717) is 30.9 Å². The zero-order chi connectivity index (χ0) is 22.8. The molecule has 1 aromatic carbocycles. The van der Waals surface area contributed by atoms with Crippen LogP contribution in [0.4, 0.5) is 25.4 Å². The molecule has 31 heavy (non-hydrogen) atoms. The first-order valence-electron chi connectivity index (χ1n) is 10.1. The molecule has 0 bridgehead atoms. The quantitative estimate of drug-likeness (QED) is 0.396. The van der Waals surface area contributed by atoms with Crippen molar-refractivity contribution in [3.63, 3.8) is 0 Å². The van der Waals surface area contributed by atoms with Crippen molar-refractivity contribution in [1.29, 1.82) is 0 Å². The number of nitrogens with zero attached hydrogens (tertiary/aromatic N) is 6. The number of carbonyl (C=O) groups excluding carboxylic acids is 2. The zero-order valence-corrected chi connectivity index (χ0v) is 18.1. The maximum absolute atomic E-state index is 14.9. The number of rotatable bonds is 5. The van der Waals surface area contributed by atoms with Crippen molar-refractivity contribution in [2.75, 3.05) is 43.0 Å². The van der Waals surface area contributed by atoms with Gasteiger partial charge in [0.25, 0.3) is 0 Å². The van der Waals surface area contributed by atoms with Crippen LogP contribution in [0.25, 0.3) is 10.4 Å². The minimum atomic E-state index is -0.609. The summed E-state index contributed by atoms with van der Waals surface area (Å²) in [7, 11) is 1.78. The molecule has 2 aliphatic heterocycles. The summed E-state index contributed by atoms with van der Waals surface area (Å²) < 4.78 is 25.5. The normalized spacial score (nSPS) is 21.0. The van der Waals surface area contributed by atoms with Crippen molar-refractivity contribution in [3.8, 4) is 0 Å². The lowest BCUT2D eigenvalue weighted by molar-refractivity contribution is 0.0292. The Bertz CT molecular complexity index is 898. The third kappa shape index (κ3) is 5.29. The van der Waals surface area contributed by atoms with Crippen molar-refractivity contribution in [2.45, 2.75) is 44.9 Å². The smallest absolute Gasteiger partial charge is 0.414 e. The molecule has 2 amide bonds. The number of amides is 2. The third-order valence-corrected chi connectivity index (χ3v) is 5.21. The fourth-order valence-electron chi connectivity index (χ4n) is 3.65. The molecule has 2 saturated heterocycles. The van der Waals surface area contributed by atoms with E-state index in [-0.39, 0.29) is 25.2 Å². The number of benzene rings is 1. The lowest BCUT2D eigenvalue weighted by atomic mass is 10.1. The van der Waals surface area contributed by atoms with Gasteiger partial charge >= 0.3 is 12.2 Å². The van der Waals surface area contributed by atoms with E-state index in [4.69, 9.17) is 15.0 Å². The van der Waals surface area contributed by atoms with Gasteiger partial charge in [0.1, 0.15) is 17.5 Å². The molecule has 0 aromatic heterocycles. The van der Waals surface area contributed by atoms with Gasteiger partial charge in [0.05, 0.1) is 24.5 Å². The van der Waals surface area contributed by atoms with Crippen LogP contribution in [0.2, 0.25) is 0 Å². The molecule has 10 nitrogen and oxygen atoms in total. The summed E-state index contributed by atoms with van der Waals surface area (Å²) in [6.45, 7) is 6.63. The maximum atomic E-state index is 14.9. The number of likely N-dealkylation sites (tertiary alicyclic amines) is 1. The average molecular weight is 434 g/mol. The highest BCUT2D eigenvalue weighted by Gasteiger charge is 2.34. The standard InChI is InChI=1S/C20H27FN6O4/c1-20(2,3)31-18(28)26-8-7-14(11-26)25(4)17-6-5-13(9-16(17)21)27-12-15(10-23-24-22)30-19(27)29/h5-6,9,14-15H,7-8,10-12H2,1-4H3. The fourth-order valence-corrected chi connectivity index (χ4v) is 3.65. The molecule has 1 aromatic rings. The number of azide groups is 1. The van der Waals surface area contributed by atoms with Crippen LogP contribution < -0.4 is 9.80 Å². The Kier molecular flexibility index (Phi) is 6.45. The molecule has 2 fully saturated rings. The molecule has 0 saturated carbocycles. The molecule has 0 aliphatic carbocycles. The van der Waals surface area contributed by atoms with Gasteiger partial charge in [-0.3, -0.25) is 4.90 Å². The predicted molar refractivity (Wildman–Crippen MR) is 113 cm³/mol. The molecule has 2 unspecified atom stereocenters. The summed E-state index contributed by atoms with van der Waals surface area (Å²) >= 11 is 0. The van der Waals surface area contributed by atoms with Crippen molar-refractivity contribution >= 4 is 23.6 Å². The highest BCUT2D eigenvalue weighted by atomic mass is 19.1. The van der Waals surface area contributed by atoms with Gasteiger partial charge < -0.3 is 19.3 Å². The highest BCUT2D eigenvalue weighted by molar-refractivity contribution is 5.90. The van der Waals surface area contributed by atoms with Gasteiger partial charge in [-0.15, -0.1) is 0 Å². The van der Waals surface area contributed by atoms with E-state index in [2.05, 4.69) is 10.0 Å². The molecule has 0 radical (unpaired) electrons. The monoisotopic (exact) mass is 434 g/mol. The van der Waals surface area contributed by atoms with Crippen LogP contribution in [-0.4, -0.2) is 68.1 Å². The number of carbonyl (C=O) groups is 2. The zero-order valence-electron chi connectivity index (χ0n) is 18.1. The van der Waals surface area contributed by atoms with E-state index < -0.39 is 23.6 Å². The number of ether oxygens (including phenoxy) is 2. The van der Waals surface area contributed by atoms with E-state index in [1.54, 1.807) is 29.0 Å². The average Bonchev–Trinajstić information content (AvgIpc) is 3.31. The van der Waals surface area contributed by atoms with Crippen molar-refractivity contribution in [3.05, 3.63) is 34.5 Å². The number of cyclic esters (lactones) is 1. The predicted octanol–water partition coefficient (Wildman–Crippen LogP) is 3.91. The largest absolute Gasteiger partial charge is 0.444 e. The molecule has 3 rings (SSSR count). The third-order valence-electron chi connectivity index (χ3n) is 5.21. The summed E-state index contributed by atoms with van der Waals surface area (Å²) in [4.78, 5) is 31.8. The first-order chi connectivity index (χ1) is 14.6. The fraction of sp³-hybridized carbons (Fsp3) is 0.600. The first-order valence-corrected chi connectivity index (χ1v) is 10.1. The lowest BCUT2D eigenvalue weighted by Crippen LogP contribution is -2.39. The molecule has 2 atom stereocenters. The summed E-state index contributed by atoms with van der Waals surface area (Å²) in [5.74, 6) is -0.484.